The second-order valence-corrected chi connectivity index (χ2v) is 7.94. The molecule has 0 saturated carbocycles. The summed E-state index contributed by atoms with van der Waals surface area (Å²) < 4.78 is 11.7. The van der Waals surface area contributed by atoms with Crippen molar-refractivity contribution >= 4 is 23.4 Å². The normalized spacial score (nSPS) is 15.9. The molecule has 154 valence electrons. The van der Waals surface area contributed by atoms with Crippen LogP contribution in [0.2, 0.25) is 0 Å². The fraction of sp³-hybridized carbons (Fsp3) is 0.300. The van der Waals surface area contributed by atoms with Gasteiger partial charge in [-0.15, -0.1) is 0 Å². The van der Waals surface area contributed by atoms with Crippen molar-refractivity contribution in [2.45, 2.75) is 5.25 Å². The topological polar surface area (TPSA) is 121 Å². The number of methoxy groups -OCH3 is 1. The molecule has 2 aromatic heterocycles. The SMILES string of the molecule is COc1cccc(OC[C@@H]2CNCCS2)c1-c1cc(Nc2cnc(C#N)cn2)n[nH]1. The van der Waals surface area contributed by atoms with Gasteiger partial charge < -0.3 is 20.1 Å². The second-order valence-electron chi connectivity index (χ2n) is 6.53. The van der Waals surface area contributed by atoms with Crippen molar-refractivity contribution in [1.82, 2.24) is 25.5 Å². The molecular formula is C20H21N7O2S. The zero-order chi connectivity index (χ0) is 20.8. The fourth-order valence-corrected chi connectivity index (χ4v) is 4.07. The van der Waals surface area contributed by atoms with Gasteiger partial charge in [0, 0.05) is 24.9 Å². The number of nitrogens with zero attached hydrogens (tertiary/aromatic N) is 4. The molecule has 1 aromatic carbocycles. The molecule has 3 heterocycles. The molecule has 0 aliphatic carbocycles. The van der Waals surface area contributed by atoms with Gasteiger partial charge in [-0.25, -0.2) is 9.97 Å². The summed E-state index contributed by atoms with van der Waals surface area (Å²) in [5.41, 5.74) is 1.81. The van der Waals surface area contributed by atoms with Gasteiger partial charge in [0.25, 0.3) is 0 Å². The first-order chi connectivity index (χ1) is 14.8. The van der Waals surface area contributed by atoms with E-state index in [1.54, 1.807) is 7.11 Å². The fourth-order valence-electron chi connectivity index (χ4n) is 3.07. The molecule has 0 unspecified atom stereocenters. The average molecular weight is 424 g/mol. The Labute approximate surface area is 178 Å². The van der Waals surface area contributed by atoms with Gasteiger partial charge in [0.2, 0.25) is 0 Å². The number of hydrogen-bond donors (Lipinski definition) is 3. The van der Waals surface area contributed by atoms with Crippen LogP contribution in [0.1, 0.15) is 5.69 Å². The van der Waals surface area contributed by atoms with Gasteiger partial charge in [-0.1, -0.05) is 6.07 Å². The summed E-state index contributed by atoms with van der Waals surface area (Å²) >= 11 is 1.92. The third-order valence-corrected chi connectivity index (χ3v) is 5.72. The van der Waals surface area contributed by atoms with Crippen molar-refractivity contribution < 1.29 is 9.47 Å². The van der Waals surface area contributed by atoms with E-state index in [4.69, 9.17) is 14.7 Å². The summed E-state index contributed by atoms with van der Waals surface area (Å²) in [6.07, 6.45) is 2.89. The Morgan fingerprint density at radius 1 is 1.27 bits per heavy atom. The zero-order valence-electron chi connectivity index (χ0n) is 16.4. The standard InChI is InChI=1S/C20H21N7O2S/c1-28-16-3-2-4-17(29-12-14-10-22-5-6-30-14)20(16)15-7-18(27-26-15)25-19-11-23-13(8-21)9-24-19/h2-4,7,9,11,14,22H,5-6,10,12H2,1H3,(H2,24,25,26,27)/t14-/m0/s1. The number of nitriles is 1. The van der Waals surface area contributed by atoms with E-state index in [9.17, 15) is 0 Å². The van der Waals surface area contributed by atoms with Gasteiger partial charge in [0.1, 0.15) is 30.0 Å². The summed E-state index contributed by atoms with van der Waals surface area (Å²) in [6, 6.07) is 9.52. The van der Waals surface area contributed by atoms with Crippen LogP contribution in [0.4, 0.5) is 11.6 Å². The molecule has 0 amide bonds. The molecule has 0 spiro atoms. The quantitative estimate of drug-likeness (QED) is 0.526. The lowest BCUT2D eigenvalue weighted by Crippen LogP contribution is -2.36. The molecule has 1 aliphatic heterocycles. The molecule has 0 bridgehead atoms. The minimum Gasteiger partial charge on any atom is -0.496 e. The molecule has 30 heavy (non-hydrogen) atoms. The van der Waals surface area contributed by atoms with Crippen LogP contribution in [0.25, 0.3) is 11.3 Å². The van der Waals surface area contributed by atoms with Crippen LogP contribution in [-0.4, -0.2) is 58.0 Å². The summed E-state index contributed by atoms with van der Waals surface area (Å²) in [5, 5.41) is 23.0. The predicted octanol–water partition coefficient (Wildman–Crippen LogP) is 2.57. The van der Waals surface area contributed by atoms with Gasteiger partial charge in [-0.3, -0.25) is 5.10 Å². The minimum atomic E-state index is 0.255. The highest BCUT2D eigenvalue weighted by Gasteiger charge is 2.19. The molecule has 1 aliphatic rings. The largest absolute Gasteiger partial charge is 0.496 e. The van der Waals surface area contributed by atoms with Crippen LogP contribution in [0.5, 0.6) is 11.5 Å². The van der Waals surface area contributed by atoms with Crippen LogP contribution >= 0.6 is 11.8 Å². The smallest absolute Gasteiger partial charge is 0.158 e. The van der Waals surface area contributed by atoms with E-state index < -0.39 is 0 Å². The predicted molar refractivity (Wildman–Crippen MR) is 115 cm³/mol. The van der Waals surface area contributed by atoms with Gasteiger partial charge in [-0.05, 0) is 12.1 Å². The summed E-state index contributed by atoms with van der Waals surface area (Å²) in [7, 11) is 1.63. The molecular weight excluding hydrogens is 402 g/mol. The van der Waals surface area contributed by atoms with Crippen LogP contribution in [0, 0.1) is 11.3 Å². The molecule has 1 saturated heterocycles. The maximum absolute atomic E-state index is 8.83. The zero-order valence-corrected chi connectivity index (χ0v) is 17.2. The molecule has 3 aromatic rings. The molecule has 1 fully saturated rings. The highest BCUT2D eigenvalue weighted by atomic mass is 32.2. The number of ether oxygens (including phenoxy) is 2. The summed E-state index contributed by atoms with van der Waals surface area (Å²) in [6.45, 7) is 2.59. The Hall–Kier alpha value is -3.29. The van der Waals surface area contributed by atoms with Gasteiger partial charge in [0.15, 0.2) is 11.5 Å². The number of aromatic nitrogens is 4. The number of thioether (sulfide) groups is 1. The highest BCUT2D eigenvalue weighted by Crippen LogP contribution is 2.38. The maximum atomic E-state index is 8.83. The average Bonchev–Trinajstić information content (AvgIpc) is 3.26. The maximum Gasteiger partial charge on any atom is 0.158 e. The van der Waals surface area contributed by atoms with E-state index in [0.29, 0.717) is 29.2 Å². The lowest BCUT2D eigenvalue weighted by molar-refractivity contribution is 0.311. The van der Waals surface area contributed by atoms with E-state index in [1.165, 1.54) is 12.4 Å². The first-order valence-electron chi connectivity index (χ1n) is 9.44. The van der Waals surface area contributed by atoms with Gasteiger partial charge in [-0.2, -0.15) is 22.1 Å². The highest BCUT2D eigenvalue weighted by molar-refractivity contribution is 8.00. The Bertz CT molecular complexity index is 1030. The van der Waals surface area contributed by atoms with Crippen molar-refractivity contribution in [3.05, 3.63) is 42.4 Å². The first kappa shape index (κ1) is 20.0. The number of anilines is 2. The van der Waals surface area contributed by atoms with Gasteiger partial charge in [0.05, 0.1) is 36.0 Å². The Morgan fingerprint density at radius 3 is 2.90 bits per heavy atom. The van der Waals surface area contributed by atoms with Crippen molar-refractivity contribution in [3.63, 3.8) is 0 Å². The Kier molecular flexibility index (Phi) is 6.32. The summed E-state index contributed by atoms with van der Waals surface area (Å²) in [5.74, 6) is 3.56. The second kappa shape index (κ2) is 9.47. The molecule has 1 atom stereocenters. The van der Waals surface area contributed by atoms with E-state index >= 15 is 0 Å². The van der Waals surface area contributed by atoms with Crippen molar-refractivity contribution in [2.24, 2.45) is 0 Å². The number of hydrogen-bond acceptors (Lipinski definition) is 9. The van der Waals surface area contributed by atoms with Crippen molar-refractivity contribution in [3.8, 4) is 28.8 Å². The molecule has 0 radical (unpaired) electrons. The third kappa shape index (κ3) is 4.64. The Balaban J connectivity index is 1.54. The van der Waals surface area contributed by atoms with Crippen LogP contribution < -0.4 is 20.1 Å². The van der Waals surface area contributed by atoms with Crippen molar-refractivity contribution in [1.29, 1.82) is 5.26 Å². The van der Waals surface area contributed by atoms with Gasteiger partial charge >= 0.3 is 0 Å². The number of aromatic amines is 1. The molecule has 4 rings (SSSR count). The minimum absolute atomic E-state index is 0.255. The molecule has 10 heteroatoms. The first-order valence-corrected chi connectivity index (χ1v) is 10.5. The number of nitrogens with one attached hydrogen (secondary N) is 3. The number of H-pyrrole nitrogens is 1. The number of rotatable bonds is 7. The van der Waals surface area contributed by atoms with Crippen LogP contribution in [-0.2, 0) is 0 Å². The van der Waals surface area contributed by atoms with Crippen molar-refractivity contribution in [2.75, 3.05) is 37.9 Å². The van der Waals surface area contributed by atoms with E-state index in [-0.39, 0.29) is 5.69 Å². The van der Waals surface area contributed by atoms with E-state index in [1.807, 2.05) is 42.1 Å². The molecule has 9 nitrogen and oxygen atoms in total. The van der Waals surface area contributed by atoms with Crippen LogP contribution in [0.3, 0.4) is 0 Å². The monoisotopic (exact) mass is 423 g/mol. The lowest BCUT2D eigenvalue weighted by Gasteiger charge is -2.23. The van der Waals surface area contributed by atoms with Crippen LogP contribution in [0.15, 0.2) is 36.7 Å². The number of benzene rings is 1. The molecule has 3 N–H and O–H groups in total. The summed E-state index contributed by atoms with van der Waals surface area (Å²) in [4.78, 5) is 8.15. The third-order valence-electron chi connectivity index (χ3n) is 4.51. The van der Waals surface area contributed by atoms with E-state index in [2.05, 4.69) is 30.8 Å². The van der Waals surface area contributed by atoms with E-state index in [0.717, 1.165) is 35.8 Å². The Morgan fingerprint density at radius 2 is 2.17 bits per heavy atom. The lowest BCUT2D eigenvalue weighted by atomic mass is 10.1.